The Hall–Kier alpha value is -3.41. The van der Waals surface area contributed by atoms with Gasteiger partial charge in [0.2, 0.25) is 5.91 Å². The summed E-state index contributed by atoms with van der Waals surface area (Å²) >= 11 is 0. The van der Waals surface area contributed by atoms with Crippen LogP contribution in [0.25, 0.3) is 11.0 Å². The molecule has 1 atom stereocenters. The van der Waals surface area contributed by atoms with Crippen molar-refractivity contribution in [1.82, 2.24) is 14.5 Å². The van der Waals surface area contributed by atoms with E-state index in [4.69, 9.17) is 0 Å². The molecule has 0 saturated heterocycles. The van der Waals surface area contributed by atoms with Gasteiger partial charge in [-0.3, -0.25) is 19.0 Å². The summed E-state index contributed by atoms with van der Waals surface area (Å²) in [4.78, 5) is 37.5. The van der Waals surface area contributed by atoms with Crippen LogP contribution in [0.3, 0.4) is 0 Å². The van der Waals surface area contributed by atoms with E-state index in [-0.39, 0.29) is 31.5 Å². The molecule has 28 heavy (non-hydrogen) atoms. The second kappa shape index (κ2) is 8.52. The first kappa shape index (κ1) is 19.4. The van der Waals surface area contributed by atoms with Crippen LogP contribution in [0.1, 0.15) is 24.9 Å². The molecule has 0 aliphatic heterocycles. The number of carbonyl (C=O) groups excluding carboxylic acids is 1. The van der Waals surface area contributed by atoms with Gasteiger partial charge in [0.15, 0.2) is 0 Å². The number of nitrogens with zero attached hydrogens (tertiary/aromatic N) is 2. The fraction of sp³-hybridized carbons (Fsp3) is 0.227. The Morgan fingerprint density at radius 1 is 1.00 bits per heavy atom. The van der Waals surface area contributed by atoms with Crippen molar-refractivity contribution in [3.8, 4) is 0 Å². The fourth-order valence-corrected chi connectivity index (χ4v) is 3.25. The molecular formula is C22H23N3O3. The number of aromatic nitrogens is 2. The topological polar surface area (TPSA) is 73.1 Å². The summed E-state index contributed by atoms with van der Waals surface area (Å²) in [5.74, 6) is -0.178. The van der Waals surface area contributed by atoms with Crippen LogP contribution in [-0.2, 0) is 17.9 Å². The third-order valence-corrected chi connectivity index (χ3v) is 4.69. The smallest absolute Gasteiger partial charge is 0.317 e. The Bertz CT molecular complexity index is 1110. The number of aryl methyl sites for hydroxylation is 1. The Kier molecular flexibility index (Phi) is 5.89. The van der Waals surface area contributed by atoms with Gasteiger partial charge in [-0.2, -0.15) is 0 Å². The molecule has 1 N–H and O–H groups in total. The maximum atomic E-state index is 12.6. The number of hydrogen-bond acceptors (Lipinski definition) is 3. The SMILES string of the molecule is C=CCn1c(=O)c(=O)n(CCC(=O)N[C@@H](C)c2ccccc2)c2ccccc21. The molecule has 0 fully saturated rings. The van der Waals surface area contributed by atoms with Crippen LogP contribution in [0.15, 0.2) is 76.8 Å². The van der Waals surface area contributed by atoms with Crippen molar-refractivity contribution >= 4 is 16.9 Å². The monoisotopic (exact) mass is 377 g/mol. The maximum absolute atomic E-state index is 12.6. The van der Waals surface area contributed by atoms with Gasteiger partial charge in [0.25, 0.3) is 0 Å². The van der Waals surface area contributed by atoms with E-state index in [9.17, 15) is 14.4 Å². The molecule has 1 heterocycles. The van der Waals surface area contributed by atoms with Crippen molar-refractivity contribution in [1.29, 1.82) is 0 Å². The molecule has 6 heteroatoms. The van der Waals surface area contributed by atoms with Crippen molar-refractivity contribution in [2.24, 2.45) is 0 Å². The Labute approximate surface area is 162 Å². The normalized spacial score (nSPS) is 11.9. The summed E-state index contributed by atoms with van der Waals surface area (Å²) in [6.45, 7) is 5.94. The number of nitrogens with one attached hydrogen (secondary N) is 1. The average Bonchev–Trinajstić information content (AvgIpc) is 2.72. The van der Waals surface area contributed by atoms with Crippen molar-refractivity contribution < 1.29 is 4.79 Å². The molecule has 2 aromatic carbocycles. The van der Waals surface area contributed by atoms with E-state index < -0.39 is 11.1 Å². The second-order valence-corrected chi connectivity index (χ2v) is 6.60. The predicted molar refractivity (Wildman–Crippen MR) is 110 cm³/mol. The molecule has 144 valence electrons. The van der Waals surface area contributed by atoms with Crippen LogP contribution in [0.2, 0.25) is 0 Å². The van der Waals surface area contributed by atoms with Crippen LogP contribution >= 0.6 is 0 Å². The highest BCUT2D eigenvalue weighted by Crippen LogP contribution is 2.13. The van der Waals surface area contributed by atoms with Crippen molar-refractivity contribution in [2.45, 2.75) is 32.5 Å². The zero-order valence-electron chi connectivity index (χ0n) is 15.8. The lowest BCUT2D eigenvalue weighted by Gasteiger charge is -2.16. The summed E-state index contributed by atoms with van der Waals surface area (Å²) in [7, 11) is 0. The molecule has 0 saturated carbocycles. The van der Waals surface area contributed by atoms with Crippen molar-refractivity contribution in [2.75, 3.05) is 0 Å². The molecule has 0 aliphatic carbocycles. The van der Waals surface area contributed by atoms with Crippen LogP contribution in [0.4, 0.5) is 0 Å². The largest absolute Gasteiger partial charge is 0.350 e. The number of fused-ring (bicyclic) bond motifs is 1. The molecule has 0 radical (unpaired) electrons. The zero-order valence-corrected chi connectivity index (χ0v) is 15.8. The first-order valence-corrected chi connectivity index (χ1v) is 9.20. The van der Waals surface area contributed by atoms with Gasteiger partial charge in [-0.15, -0.1) is 6.58 Å². The van der Waals surface area contributed by atoms with Gasteiger partial charge < -0.3 is 9.88 Å². The number of allylic oxidation sites excluding steroid dienone is 1. The summed E-state index contributed by atoms with van der Waals surface area (Å²) in [6, 6.07) is 16.7. The number of para-hydroxylation sites is 2. The van der Waals surface area contributed by atoms with Crippen LogP contribution < -0.4 is 16.4 Å². The van der Waals surface area contributed by atoms with Crippen LogP contribution in [0.5, 0.6) is 0 Å². The maximum Gasteiger partial charge on any atom is 0.317 e. The highest BCUT2D eigenvalue weighted by molar-refractivity contribution is 5.77. The average molecular weight is 377 g/mol. The predicted octanol–water partition coefficient (Wildman–Crippen LogP) is 2.62. The summed E-state index contributed by atoms with van der Waals surface area (Å²) in [5, 5.41) is 2.93. The van der Waals surface area contributed by atoms with Gasteiger partial charge >= 0.3 is 11.1 Å². The van der Waals surface area contributed by atoms with E-state index in [1.807, 2.05) is 43.3 Å². The fourth-order valence-electron chi connectivity index (χ4n) is 3.25. The minimum atomic E-state index is -0.635. The minimum absolute atomic E-state index is 0.103. The van der Waals surface area contributed by atoms with Gasteiger partial charge in [0, 0.05) is 19.5 Å². The van der Waals surface area contributed by atoms with Gasteiger partial charge in [-0.25, -0.2) is 0 Å². The number of amides is 1. The van der Waals surface area contributed by atoms with E-state index in [1.165, 1.54) is 9.13 Å². The van der Waals surface area contributed by atoms with Crippen LogP contribution in [0, 0.1) is 0 Å². The molecular weight excluding hydrogens is 354 g/mol. The molecule has 0 bridgehead atoms. The quantitative estimate of drug-likeness (QED) is 0.508. The van der Waals surface area contributed by atoms with Gasteiger partial charge in [0.1, 0.15) is 0 Å². The lowest BCUT2D eigenvalue weighted by atomic mass is 10.1. The molecule has 0 aliphatic rings. The van der Waals surface area contributed by atoms with E-state index in [2.05, 4.69) is 11.9 Å². The molecule has 1 amide bonds. The van der Waals surface area contributed by atoms with E-state index >= 15 is 0 Å². The summed E-state index contributed by atoms with van der Waals surface area (Å²) in [5.41, 5.74) is 1.02. The van der Waals surface area contributed by atoms with Gasteiger partial charge in [-0.1, -0.05) is 48.5 Å². The van der Waals surface area contributed by atoms with E-state index in [0.29, 0.717) is 11.0 Å². The van der Waals surface area contributed by atoms with Crippen molar-refractivity contribution in [3.63, 3.8) is 0 Å². The minimum Gasteiger partial charge on any atom is -0.350 e. The molecule has 0 unspecified atom stereocenters. The Balaban J connectivity index is 1.83. The molecule has 3 aromatic rings. The highest BCUT2D eigenvalue weighted by atomic mass is 16.2. The lowest BCUT2D eigenvalue weighted by molar-refractivity contribution is -0.121. The number of rotatable bonds is 7. The molecule has 0 spiro atoms. The Morgan fingerprint density at radius 3 is 2.21 bits per heavy atom. The first-order chi connectivity index (χ1) is 13.5. The third-order valence-electron chi connectivity index (χ3n) is 4.69. The number of carbonyl (C=O) groups is 1. The summed E-state index contributed by atoms with van der Waals surface area (Å²) < 4.78 is 2.78. The van der Waals surface area contributed by atoms with Gasteiger partial charge in [-0.05, 0) is 24.6 Å². The van der Waals surface area contributed by atoms with Crippen LogP contribution in [-0.4, -0.2) is 15.0 Å². The molecule has 1 aromatic heterocycles. The van der Waals surface area contributed by atoms with Crippen molar-refractivity contribution in [3.05, 3.63) is 93.5 Å². The lowest BCUT2D eigenvalue weighted by Crippen LogP contribution is -2.42. The van der Waals surface area contributed by atoms with E-state index in [0.717, 1.165) is 5.56 Å². The Morgan fingerprint density at radius 2 is 1.57 bits per heavy atom. The highest BCUT2D eigenvalue weighted by Gasteiger charge is 2.14. The molecule has 6 nitrogen and oxygen atoms in total. The molecule has 3 rings (SSSR count). The first-order valence-electron chi connectivity index (χ1n) is 9.20. The van der Waals surface area contributed by atoms with Gasteiger partial charge in [0.05, 0.1) is 17.1 Å². The standard InChI is InChI=1S/C22H23N3O3/c1-3-14-24-18-11-7-8-12-19(18)25(22(28)21(24)27)15-13-20(26)23-16(2)17-9-5-4-6-10-17/h3-12,16H,1,13-15H2,2H3,(H,23,26)/t16-/m0/s1. The van der Waals surface area contributed by atoms with E-state index in [1.54, 1.807) is 24.3 Å². The number of benzene rings is 2. The second-order valence-electron chi connectivity index (χ2n) is 6.60. The third kappa shape index (κ3) is 3.96. The summed E-state index contributed by atoms with van der Waals surface area (Å²) in [6.07, 6.45) is 1.68. The zero-order chi connectivity index (χ0) is 20.1. The number of hydrogen-bond donors (Lipinski definition) is 1.